The van der Waals surface area contributed by atoms with E-state index in [1.807, 2.05) is 19.9 Å². The maximum atomic E-state index is 13.1. The van der Waals surface area contributed by atoms with Gasteiger partial charge in [-0.1, -0.05) is 62.4 Å². The van der Waals surface area contributed by atoms with E-state index in [2.05, 4.69) is 9.73 Å². The van der Waals surface area contributed by atoms with Gasteiger partial charge in [-0.15, -0.1) is 0 Å². The summed E-state index contributed by atoms with van der Waals surface area (Å²) in [4.78, 5) is 29.7. The number of hydrogen-bond donors (Lipinski definition) is 2. The number of nitrogens with two attached hydrogens (primary N) is 2. The Hall–Kier alpha value is -4.22. The summed E-state index contributed by atoms with van der Waals surface area (Å²) < 4.78 is 34.0. The number of methoxy groups -OCH3 is 1. The fraction of sp³-hybridized carbons (Fsp3) is 0.222. The number of carbonyl (C=O) groups is 2. The van der Waals surface area contributed by atoms with Crippen LogP contribution in [0.25, 0.3) is 11.1 Å². The standard InChI is InChI=1S/C27H30N4O6S/c1-18(2)16-31(17-19-7-6-8-21(15-19)25(28)30-26(32)36-3)27(33)37-22-13-11-20(12-14-22)23-9-4-5-10-24(23)38(29,34)35/h4-15,18H,16-17H2,1-3H3,(H2,28,30,32)(H2,29,34,35). The van der Waals surface area contributed by atoms with Crippen LogP contribution in [0.5, 0.6) is 5.75 Å². The number of sulfonamides is 1. The molecule has 10 nitrogen and oxygen atoms in total. The van der Waals surface area contributed by atoms with Crippen molar-refractivity contribution in [2.24, 2.45) is 21.8 Å². The monoisotopic (exact) mass is 538 g/mol. The molecule has 0 unspecified atom stereocenters. The number of primary sulfonamides is 1. The molecule has 38 heavy (non-hydrogen) atoms. The van der Waals surface area contributed by atoms with Gasteiger partial charge in [-0.2, -0.15) is 4.99 Å². The molecule has 0 aliphatic rings. The molecule has 0 spiro atoms. The normalized spacial score (nSPS) is 11.8. The van der Waals surface area contributed by atoms with Crippen molar-refractivity contribution in [2.75, 3.05) is 13.7 Å². The lowest BCUT2D eigenvalue weighted by molar-refractivity contribution is 0.143. The lowest BCUT2D eigenvalue weighted by Gasteiger charge is -2.24. The Labute approximate surface area is 221 Å². The Kier molecular flexibility index (Phi) is 9.21. The summed E-state index contributed by atoms with van der Waals surface area (Å²) in [5, 5.41) is 5.34. The second-order valence-electron chi connectivity index (χ2n) is 8.88. The first-order valence-electron chi connectivity index (χ1n) is 11.7. The van der Waals surface area contributed by atoms with Gasteiger partial charge in [0.25, 0.3) is 0 Å². The molecule has 0 saturated carbocycles. The highest BCUT2D eigenvalue weighted by atomic mass is 32.2. The van der Waals surface area contributed by atoms with Crippen LogP contribution in [-0.4, -0.2) is 45.0 Å². The summed E-state index contributed by atoms with van der Waals surface area (Å²) in [6.07, 6.45) is -1.37. The van der Waals surface area contributed by atoms with E-state index in [0.29, 0.717) is 29.0 Å². The highest BCUT2D eigenvalue weighted by molar-refractivity contribution is 7.89. The molecule has 0 saturated heterocycles. The number of carbonyl (C=O) groups excluding carboxylic acids is 2. The van der Waals surface area contributed by atoms with Crippen molar-refractivity contribution in [3.8, 4) is 16.9 Å². The van der Waals surface area contributed by atoms with Crippen molar-refractivity contribution < 1.29 is 27.5 Å². The molecule has 0 aromatic heterocycles. The van der Waals surface area contributed by atoms with Crippen LogP contribution in [0.15, 0.2) is 82.7 Å². The van der Waals surface area contributed by atoms with Crippen molar-refractivity contribution in [1.82, 2.24) is 4.90 Å². The van der Waals surface area contributed by atoms with Crippen LogP contribution in [0.1, 0.15) is 25.0 Å². The maximum absolute atomic E-state index is 13.1. The van der Waals surface area contributed by atoms with E-state index in [1.165, 1.54) is 13.2 Å². The number of nitrogens with zero attached hydrogens (tertiary/aromatic N) is 2. The third-order valence-electron chi connectivity index (χ3n) is 5.39. The highest BCUT2D eigenvalue weighted by Gasteiger charge is 2.19. The third-order valence-corrected chi connectivity index (χ3v) is 6.36. The Morgan fingerprint density at radius 3 is 2.32 bits per heavy atom. The van der Waals surface area contributed by atoms with Crippen LogP contribution in [-0.2, 0) is 21.3 Å². The van der Waals surface area contributed by atoms with Crippen molar-refractivity contribution in [2.45, 2.75) is 25.3 Å². The summed E-state index contributed by atoms with van der Waals surface area (Å²) in [5.74, 6) is 0.457. The number of hydrogen-bond acceptors (Lipinski definition) is 6. The van der Waals surface area contributed by atoms with E-state index in [4.69, 9.17) is 15.6 Å². The first-order chi connectivity index (χ1) is 18.0. The van der Waals surface area contributed by atoms with Crippen molar-refractivity contribution in [1.29, 1.82) is 0 Å². The van der Waals surface area contributed by atoms with Crippen LogP contribution in [0, 0.1) is 5.92 Å². The summed E-state index contributed by atoms with van der Waals surface area (Å²) >= 11 is 0. The zero-order chi connectivity index (χ0) is 27.9. The molecule has 0 fully saturated rings. The molecule has 0 bridgehead atoms. The molecule has 11 heteroatoms. The average Bonchev–Trinajstić information content (AvgIpc) is 2.88. The smallest absolute Gasteiger partial charge is 0.435 e. The number of amidine groups is 1. The SMILES string of the molecule is COC(=O)N=C(N)c1cccc(CN(CC(C)C)C(=O)Oc2ccc(-c3ccccc3S(N)(=O)=O)cc2)c1. The van der Waals surface area contributed by atoms with Crippen molar-refractivity contribution >= 4 is 28.0 Å². The number of amides is 2. The Morgan fingerprint density at radius 1 is 1.00 bits per heavy atom. The number of benzene rings is 3. The molecule has 0 aliphatic heterocycles. The van der Waals surface area contributed by atoms with Crippen LogP contribution in [0.2, 0.25) is 0 Å². The van der Waals surface area contributed by atoms with E-state index in [-0.39, 0.29) is 23.2 Å². The van der Waals surface area contributed by atoms with Crippen LogP contribution < -0.4 is 15.6 Å². The maximum Gasteiger partial charge on any atom is 0.435 e. The van der Waals surface area contributed by atoms with Gasteiger partial charge in [-0.25, -0.2) is 23.1 Å². The molecule has 0 atom stereocenters. The molecule has 4 N–H and O–H groups in total. The fourth-order valence-corrected chi connectivity index (χ4v) is 4.48. The summed E-state index contributed by atoms with van der Waals surface area (Å²) in [6, 6.07) is 19.9. The number of ether oxygens (including phenoxy) is 2. The molecule has 2 amide bonds. The minimum absolute atomic E-state index is 0.000727. The molecule has 0 heterocycles. The Bertz CT molecular complexity index is 1440. The van der Waals surface area contributed by atoms with E-state index in [1.54, 1.807) is 65.6 Å². The Balaban J connectivity index is 1.79. The molecular weight excluding hydrogens is 508 g/mol. The van der Waals surface area contributed by atoms with E-state index in [9.17, 15) is 18.0 Å². The van der Waals surface area contributed by atoms with Gasteiger partial charge in [0.05, 0.1) is 12.0 Å². The lowest BCUT2D eigenvalue weighted by atomic mass is 10.1. The zero-order valence-electron chi connectivity index (χ0n) is 21.3. The van der Waals surface area contributed by atoms with Crippen molar-refractivity contribution in [3.63, 3.8) is 0 Å². The van der Waals surface area contributed by atoms with Gasteiger partial charge in [-0.05, 0) is 41.3 Å². The molecular formula is C27H30N4O6S. The van der Waals surface area contributed by atoms with Gasteiger partial charge in [0.2, 0.25) is 10.0 Å². The number of aliphatic imine (C=N–C) groups is 1. The van der Waals surface area contributed by atoms with Crippen LogP contribution in [0.4, 0.5) is 9.59 Å². The third kappa shape index (κ3) is 7.64. The van der Waals surface area contributed by atoms with E-state index >= 15 is 0 Å². The van der Waals surface area contributed by atoms with Crippen LogP contribution in [0.3, 0.4) is 0 Å². The minimum atomic E-state index is -3.91. The summed E-state index contributed by atoms with van der Waals surface area (Å²) in [5.41, 5.74) is 8.24. The van der Waals surface area contributed by atoms with E-state index in [0.717, 1.165) is 5.56 Å². The fourth-order valence-electron chi connectivity index (χ4n) is 3.72. The Morgan fingerprint density at radius 2 is 1.68 bits per heavy atom. The molecule has 0 aliphatic carbocycles. The highest BCUT2D eigenvalue weighted by Crippen LogP contribution is 2.28. The molecule has 3 rings (SSSR count). The summed E-state index contributed by atoms with van der Waals surface area (Å²) in [6.45, 7) is 4.62. The largest absolute Gasteiger partial charge is 0.451 e. The molecule has 3 aromatic rings. The molecule has 200 valence electrons. The lowest BCUT2D eigenvalue weighted by Crippen LogP contribution is -2.36. The molecule has 3 aromatic carbocycles. The zero-order valence-corrected chi connectivity index (χ0v) is 22.1. The first-order valence-corrected chi connectivity index (χ1v) is 13.2. The van der Waals surface area contributed by atoms with Crippen LogP contribution >= 0.6 is 0 Å². The van der Waals surface area contributed by atoms with E-state index < -0.39 is 22.2 Å². The van der Waals surface area contributed by atoms with Gasteiger partial charge in [0, 0.05) is 24.2 Å². The quantitative estimate of drug-likeness (QED) is 0.323. The molecule has 0 radical (unpaired) electrons. The second-order valence-corrected chi connectivity index (χ2v) is 10.4. The van der Waals surface area contributed by atoms with Gasteiger partial charge in [0.15, 0.2) is 0 Å². The van der Waals surface area contributed by atoms with Gasteiger partial charge < -0.3 is 20.1 Å². The number of rotatable bonds is 8. The predicted molar refractivity (Wildman–Crippen MR) is 144 cm³/mol. The second kappa shape index (κ2) is 12.3. The minimum Gasteiger partial charge on any atom is -0.451 e. The average molecular weight is 539 g/mol. The van der Waals surface area contributed by atoms with Crippen molar-refractivity contribution in [3.05, 3.63) is 83.9 Å². The van der Waals surface area contributed by atoms with Gasteiger partial charge in [-0.3, -0.25) is 0 Å². The topological polar surface area (TPSA) is 154 Å². The van der Waals surface area contributed by atoms with Gasteiger partial charge in [0.1, 0.15) is 11.6 Å². The first kappa shape index (κ1) is 28.4. The predicted octanol–water partition coefficient (Wildman–Crippen LogP) is 4.13. The summed E-state index contributed by atoms with van der Waals surface area (Å²) in [7, 11) is -2.70. The van der Waals surface area contributed by atoms with Gasteiger partial charge >= 0.3 is 12.2 Å².